The number of phenols is 1. The van der Waals surface area contributed by atoms with Crippen molar-refractivity contribution in [2.75, 3.05) is 19.5 Å². The van der Waals surface area contributed by atoms with Crippen molar-refractivity contribution >= 4 is 17.7 Å². The Hall–Kier alpha value is -3.15. The zero-order valence-corrected chi connectivity index (χ0v) is 18.0. The summed E-state index contributed by atoms with van der Waals surface area (Å²) in [5.74, 6) is 0.417. The standard InChI is InChI=1S/C23H22N2O5S/c1-3-30-16-7-5-15(6-8-16)23(28)13-31-22-18(12-24)17(11-21(27)25(22)23)14-4-9-19(26)20(10-14)29-2/h4-10,17,26,28H,3,11,13H2,1-2H3/t17-,23+/m1/s1. The first-order chi connectivity index (χ1) is 14.9. The zero-order valence-electron chi connectivity index (χ0n) is 17.2. The molecule has 0 radical (unpaired) electrons. The summed E-state index contributed by atoms with van der Waals surface area (Å²) in [6.45, 7) is 2.42. The summed E-state index contributed by atoms with van der Waals surface area (Å²) in [6, 6.07) is 14.0. The number of carbonyl (C=O) groups excluding carboxylic acids is 1. The van der Waals surface area contributed by atoms with Crippen LogP contribution >= 0.6 is 11.8 Å². The minimum absolute atomic E-state index is 0.0127. The van der Waals surface area contributed by atoms with Crippen LogP contribution in [0.3, 0.4) is 0 Å². The number of thioether (sulfide) groups is 1. The molecule has 1 fully saturated rings. The highest BCUT2D eigenvalue weighted by Crippen LogP contribution is 2.52. The summed E-state index contributed by atoms with van der Waals surface area (Å²) >= 11 is 1.29. The second kappa shape index (κ2) is 8.17. The van der Waals surface area contributed by atoms with Gasteiger partial charge in [0.1, 0.15) is 5.75 Å². The number of aliphatic hydroxyl groups is 1. The fourth-order valence-corrected chi connectivity index (χ4v) is 5.38. The van der Waals surface area contributed by atoms with Crippen molar-refractivity contribution in [2.24, 2.45) is 0 Å². The van der Waals surface area contributed by atoms with E-state index in [0.29, 0.717) is 34.1 Å². The lowest BCUT2D eigenvalue weighted by Gasteiger charge is -2.38. The van der Waals surface area contributed by atoms with E-state index in [9.17, 15) is 20.3 Å². The van der Waals surface area contributed by atoms with E-state index in [1.165, 1.54) is 29.8 Å². The number of benzene rings is 2. The Morgan fingerprint density at radius 3 is 2.68 bits per heavy atom. The molecule has 0 aliphatic carbocycles. The maximum atomic E-state index is 13.2. The second-order valence-corrected chi connectivity index (χ2v) is 8.27. The number of methoxy groups -OCH3 is 1. The van der Waals surface area contributed by atoms with Crippen molar-refractivity contribution in [1.29, 1.82) is 5.26 Å². The van der Waals surface area contributed by atoms with Gasteiger partial charge in [-0.2, -0.15) is 5.26 Å². The van der Waals surface area contributed by atoms with Crippen LogP contribution in [0.2, 0.25) is 0 Å². The van der Waals surface area contributed by atoms with E-state index < -0.39 is 11.6 Å². The van der Waals surface area contributed by atoms with E-state index in [1.807, 2.05) is 6.92 Å². The number of allylic oxidation sites excluding steroid dienone is 1. The molecule has 2 heterocycles. The monoisotopic (exact) mass is 438 g/mol. The van der Waals surface area contributed by atoms with Gasteiger partial charge in [0.25, 0.3) is 0 Å². The third-order valence-electron chi connectivity index (χ3n) is 5.54. The van der Waals surface area contributed by atoms with Crippen molar-refractivity contribution in [1.82, 2.24) is 4.90 Å². The van der Waals surface area contributed by atoms with Crippen LogP contribution in [-0.4, -0.2) is 40.5 Å². The van der Waals surface area contributed by atoms with Crippen LogP contribution in [0.4, 0.5) is 0 Å². The van der Waals surface area contributed by atoms with E-state index >= 15 is 0 Å². The highest BCUT2D eigenvalue weighted by Gasteiger charge is 2.51. The van der Waals surface area contributed by atoms with Gasteiger partial charge >= 0.3 is 0 Å². The summed E-state index contributed by atoms with van der Waals surface area (Å²) in [5, 5.41) is 31.8. The van der Waals surface area contributed by atoms with Gasteiger partial charge in [0.05, 0.1) is 36.1 Å². The lowest BCUT2D eigenvalue weighted by atomic mass is 9.85. The minimum Gasteiger partial charge on any atom is -0.504 e. The molecule has 31 heavy (non-hydrogen) atoms. The Morgan fingerprint density at radius 2 is 2.03 bits per heavy atom. The number of amides is 1. The second-order valence-electron chi connectivity index (χ2n) is 7.31. The maximum Gasteiger partial charge on any atom is 0.231 e. The van der Waals surface area contributed by atoms with E-state index in [4.69, 9.17) is 9.47 Å². The highest BCUT2D eigenvalue weighted by atomic mass is 32.2. The molecule has 0 saturated carbocycles. The van der Waals surface area contributed by atoms with Gasteiger partial charge in [0, 0.05) is 17.9 Å². The van der Waals surface area contributed by atoms with E-state index in [0.717, 1.165) is 0 Å². The summed E-state index contributed by atoms with van der Waals surface area (Å²) in [6.07, 6.45) is 0.0280. The molecule has 160 valence electrons. The number of carbonyl (C=O) groups is 1. The van der Waals surface area contributed by atoms with Gasteiger partial charge in [-0.3, -0.25) is 9.69 Å². The highest BCUT2D eigenvalue weighted by molar-refractivity contribution is 8.03. The van der Waals surface area contributed by atoms with Gasteiger partial charge in [0.2, 0.25) is 5.91 Å². The van der Waals surface area contributed by atoms with Crippen molar-refractivity contribution in [3.63, 3.8) is 0 Å². The zero-order chi connectivity index (χ0) is 22.2. The fraction of sp³-hybridized carbons (Fsp3) is 0.304. The third kappa shape index (κ3) is 3.50. The summed E-state index contributed by atoms with van der Waals surface area (Å²) < 4.78 is 10.6. The van der Waals surface area contributed by atoms with Crippen molar-refractivity contribution in [3.8, 4) is 23.3 Å². The average Bonchev–Trinajstić information content (AvgIpc) is 3.14. The molecule has 7 nitrogen and oxygen atoms in total. The first kappa shape index (κ1) is 21.1. The molecule has 0 aromatic heterocycles. The largest absolute Gasteiger partial charge is 0.504 e. The molecule has 1 saturated heterocycles. The number of ether oxygens (including phenoxy) is 2. The molecule has 0 unspecified atom stereocenters. The van der Waals surface area contributed by atoms with Crippen LogP contribution in [0.15, 0.2) is 53.1 Å². The quantitative estimate of drug-likeness (QED) is 0.737. The normalized spacial score (nSPS) is 22.8. The Labute approximate surface area is 184 Å². The van der Waals surface area contributed by atoms with Crippen LogP contribution < -0.4 is 9.47 Å². The molecule has 8 heteroatoms. The average molecular weight is 439 g/mol. The Kier molecular flexibility index (Phi) is 5.56. The van der Waals surface area contributed by atoms with Crippen LogP contribution in [0.1, 0.15) is 30.4 Å². The number of rotatable bonds is 5. The minimum atomic E-state index is -1.54. The molecular formula is C23H22N2O5S. The molecular weight excluding hydrogens is 416 g/mol. The number of nitrogens with zero attached hydrogens (tertiary/aromatic N) is 2. The van der Waals surface area contributed by atoms with Gasteiger partial charge in [0.15, 0.2) is 17.2 Å². The topological polar surface area (TPSA) is 103 Å². The first-order valence-corrected chi connectivity index (χ1v) is 10.8. The van der Waals surface area contributed by atoms with Gasteiger partial charge in [-0.05, 0) is 36.8 Å². The number of nitriles is 1. The molecule has 2 N–H and O–H groups in total. The van der Waals surface area contributed by atoms with E-state index in [1.54, 1.807) is 36.4 Å². The Balaban J connectivity index is 1.74. The van der Waals surface area contributed by atoms with E-state index in [-0.39, 0.29) is 29.6 Å². The molecule has 2 atom stereocenters. The third-order valence-corrected chi connectivity index (χ3v) is 6.77. The Bertz CT molecular complexity index is 1090. The molecule has 1 amide bonds. The molecule has 0 spiro atoms. The van der Waals surface area contributed by atoms with Gasteiger partial charge in [-0.25, -0.2) is 0 Å². The van der Waals surface area contributed by atoms with Crippen LogP contribution in [0.25, 0.3) is 0 Å². The number of phenolic OH excluding ortho intramolecular Hbond substituents is 1. The SMILES string of the molecule is CCOc1ccc([C@@]2(O)CSC3=C(C#N)[C@@H](c4ccc(O)c(OC)c4)CC(=O)N32)cc1. The number of fused-ring (bicyclic) bond motifs is 1. The fourth-order valence-electron chi connectivity index (χ4n) is 4.02. The smallest absolute Gasteiger partial charge is 0.231 e. The summed E-state index contributed by atoms with van der Waals surface area (Å²) in [7, 11) is 1.44. The van der Waals surface area contributed by atoms with Gasteiger partial charge in [-0.15, -0.1) is 11.8 Å². The Morgan fingerprint density at radius 1 is 1.29 bits per heavy atom. The molecule has 2 aliphatic heterocycles. The van der Waals surface area contributed by atoms with Gasteiger partial charge in [-0.1, -0.05) is 18.2 Å². The lowest BCUT2D eigenvalue weighted by molar-refractivity contribution is -0.149. The van der Waals surface area contributed by atoms with Crippen LogP contribution in [0, 0.1) is 11.3 Å². The lowest BCUT2D eigenvalue weighted by Crippen LogP contribution is -2.48. The van der Waals surface area contributed by atoms with Crippen molar-refractivity contribution in [3.05, 3.63) is 64.2 Å². The molecule has 2 aliphatic rings. The maximum absolute atomic E-state index is 13.2. The van der Waals surface area contributed by atoms with Crippen LogP contribution in [0.5, 0.6) is 17.2 Å². The van der Waals surface area contributed by atoms with Crippen molar-refractivity contribution < 1.29 is 24.5 Å². The number of hydrogen-bond donors (Lipinski definition) is 2. The van der Waals surface area contributed by atoms with Crippen LogP contribution in [-0.2, 0) is 10.5 Å². The first-order valence-electron chi connectivity index (χ1n) is 9.85. The summed E-state index contributed by atoms with van der Waals surface area (Å²) in [5.41, 5.74) is 0.138. The van der Waals surface area contributed by atoms with E-state index in [2.05, 4.69) is 6.07 Å². The molecule has 4 rings (SSSR count). The molecule has 2 aromatic carbocycles. The van der Waals surface area contributed by atoms with Crippen molar-refractivity contribution in [2.45, 2.75) is 25.0 Å². The molecule has 2 aromatic rings. The molecule has 0 bridgehead atoms. The van der Waals surface area contributed by atoms with Gasteiger partial charge < -0.3 is 19.7 Å². The number of aromatic hydroxyl groups is 1. The number of hydrogen-bond acceptors (Lipinski definition) is 7. The predicted molar refractivity (Wildman–Crippen MR) is 115 cm³/mol. The summed E-state index contributed by atoms with van der Waals surface area (Å²) in [4.78, 5) is 14.6. The predicted octanol–water partition coefficient (Wildman–Crippen LogP) is 3.44.